The number of benzene rings is 2. The zero-order chi connectivity index (χ0) is 21.7. The molecule has 0 saturated heterocycles. The van der Waals surface area contributed by atoms with Gasteiger partial charge < -0.3 is 14.0 Å². The van der Waals surface area contributed by atoms with Crippen LogP contribution in [0.2, 0.25) is 10.0 Å². The molecule has 1 amide bonds. The highest BCUT2D eigenvalue weighted by Gasteiger charge is 2.14. The summed E-state index contributed by atoms with van der Waals surface area (Å²) in [6.45, 7) is 3.72. The number of hydrogen-bond acceptors (Lipinski definition) is 4. The number of carbonyl (C=O) groups excluding carboxylic acids is 1. The zero-order valence-electron chi connectivity index (χ0n) is 16.8. The normalized spacial score (nSPS) is 11.0. The first kappa shape index (κ1) is 21.7. The zero-order valence-corrected chi connectivity index (χ0v) is 18.3. The number of para-hydroxylation sites is 2. The average Bonchev–Trinajstić information content (AvgIpc) is 3.02. The molecule has 8 heteroatoms. The van der Waals surface area contributed by atoms with Gasteiger partial charge in [-0.1, -0.05) is 41.4 Å². The van der Waals surface area contributed by atoms with Crippen molar-refractivity contribution in [3.8, 4) is 17.2 Å². The molecule has 0 aliphatic carbocycles. The van der Waals surface area contributed by atoms with E-state index in [4.69, 9.17) is 32.7 Å². The van der Waals surface area contributed by atoms with Gasteiger partial charge in [-0.2, -0.15) is 5.10 Å². The van der Waals surface area contributed by atoms with E-state index in [9.17, 15) is 4.79 Å². The Hall–Kier alpha value is -2.96. The van der Waals surface area contributed by atoms with Crippen molar-refractivity contribution in [1.29, 1.82) is 0 Å². The average molecular weight is 446 g/mol. The van der Waals surface area contributed by atoms with Crippen LogP contribution >= 0.6 is 23.2 Å². The van der Waals surface area contributed by atoms with Crippen molar-refractivity contribution in [1.82, 2.24) is 9.99 Å². The lowest BCUT2D eigenvalue weighted by molar-refractivity contribution is -0.123. The van der Waals surface area contributed by atoms with Crippen molar-refractivity contribution >= 4 is 35.3 Å². The maximum Gasteiger partial charge on any atom is 0.277 e. The highest BCUT2D eigenvalue weighted by molar-refractivity contribution is 6.43. The largest absolute Gasteiger partial charge is 0.493 e. The molecule has 3 aromatic rings. The van der Waals surface area contributed by atoms with Gasteiger partial charge in [-0.05, 0) is 44.2 Å². The number of nitrogens with zero attached hydrogens (tertiary/aromatic N) is 2. The second-order valence-corrected chi connectivity index (χ2v) is 7.25. The Labute approximate surface area is 185 Å². The maximum absolute atomic E-state index is 12.0. The van der Waals surface area contributed by atoms with Crippen LogP contribution in [0.5, 0.6) is 11.5 Å². The minimum atomic E-state index is -0.385. The van der Waals surface area contributed by atoms with Gasteiger partial charge in [-0.15, -0.1) is 0 Å². The summed E-state index contributed by atoms with van der Waals surface area (Å²) >= 11 is 12.5. The number of amides is 1. The first-order valence-corrected chi connectivity index (χ1v) is 9.89. The summed E-state index contributed by atoms with van der Waals surface area (Å²) < 4.78 is 12.7. The standard InChI is InChI=1S/C22H21Cl2N3O3/c1-14-11-16(15(2)27(14)18-8-6-7-17(23)22(18)24)12-25-26-21(28)13-30-20-10-5-4-9-19(20)29-3/h4-12H,13H2,1-3H3,(H,26,28)/b25-12-. The Kier molecular flexibility index (Phi) is 7.03. The fourth-order valence-electron chi connectivity index (χ4n) is 3.04. The third-order valence-corrected chi connectivity index (χ3v) is 5.27. The number of aromatic nitrogens is 1. The number of methoxy groups -OCH3 is 1. The number of halogens is 2. The maximum atomic E-state index is 12.0. The first-order chi connectivity index (χ1) is 14.4. The van der Waals surface area contributed by atoms with E-state index in [1.165, 1.54) is 0 Å². The molecule has 156 valence electrons. The van der Waals surface area contributed by atoms with Crippen LogP contribution in [-0.4, -0.2) is 30.4 Å². The number of aryl methyl sites for hydroxylation is 1. The van der Waals surface area contributed by atoms with Crippen LogP contribution in [0.25, 0.3) is 5.69 Å². The van der Waals surface area contributed by atoms with Crippen molar-refractivity contribution in [3.63, 3.8) is 0 Å². The van der Waals surface area contributed by atoms with Crippen molar-refractivity contribution in [2.24, 2.45) is 5.10 Å². The highest BCUT2D eigenvalue weighted by atomic mass is 35.5. The van der Waals surface area contributed by atoms with Gasteiger partial charge in [0.1, 0.15) is 0 Å². The van der Waals surface area contributed by atoms with Gasteiger partial charge in [-0.3, -0.25) is 4.79 Å². The van der Waals surface area contributed by atoms with Crippen LogP contribution in [0.3, 0.4) is 0 Å². The van der Waals surface area contributed by atoms with E-state index in [2.05, 4.69) is 10.5 Å². The summed E-state index contributed by atoms with van der Waals surface area (Å²) in [5, 5.41) is 5.00. The van der Waals surface area contributed by atoms with E-state index in [1.807, 2.05) is 42.7 Å². The molecule has 0 unspecified atom stereocenters. The van der Waals surface area contributed by atoms with Crippen molar-refractivity contribution in [3.05, 3.63) is 75.5 Å². The molecule has 0 aliphatic rings. The van der Waals surface area contributed by atoms with Crippen molar-refractivity contribution in [2.75, 3.05) is 13.7 Å². The Morgan fingerprint density at radius 3 is 2.60 bits per heavy atom. The minimum absolute atomic E-state index is 0.186. The van der Waals surface area contributed by atoms with Crippen LogP contribution < -0.4 is 14.9 Å². The van der Waals surface area contributed by atoms with Crippen LogP contribution in [0.15, 0.2) is 53.6 Å². The quantitative estimate of drug-likeness (QED) is 0.413. The first-order valence-electron chi connectivity index (χ1n) is 9.13. The molecule has 30 heavy (non-hydrogen) atoms. The molecule has 2 aromatic carbocycles. The molecule has 1 heterocycles. The van der Waals surface area contributed by atoms with E-state index >= 15 is 0 Å². The van der Waals surface area contributed by atoms with Crippen molar-refractivity contribution in [2.45, 2.75) is 13.8 Å². The van der Waals surface area contributed by atoms with Crippen LogP contribution in [0.1, 0.15) is 17.0 Å². The molecule has 1 aromatic heterocycles. The molecule has 0 aliphatic heterocycles. The number of carbonyl (C=O) groups is 1. The summed E-state index contributed by atoms with van der Waals surface area (Å²) in [6, 6.07) is 14.5. The fraction of sp³-hybridized carbons (Fsp3) is 0.182. The number of ether oxygens (including phenoxy) is 2. The summed E-state index contributed by atoms with van der Waals surface area (Å²) in [5.41, 5.74) is 5.97. The molecule has 3 rings (SSSR count). The van der Waals surface area contributed by atoms with E-state index in [0.717, 1.165) is 22.6 Å². The van der Waals surface area contributed by atoms with Crippen molar-refractivity contribution < 1.29 is 14.3 Å². The second-order valence-electron chi connectivity index (χ2n) is 6.47. The molecule has 1 N–H and O–H groups in total. The Bertz CT molecular complexity index is 1090. The molecule has 0 bridgehead atoms. The Balaban J connectivity index is 1.67. The van der Waals surface area contributed by atoms with Gasteiger partial charge >= 0.3 is 0 Å². The van der Waals surface area contributed by atoms with Crippen LogP contribution in [-0.2, 0) is 4.79 Å². The lowest BCUT2D eigenvalue weighted by Gasteiger charge is -2.12. The molecule has 0 spiro atoms. The predicted octanol–water partition coefficient (Wildman–Crippen LogP) is 4.94. The summed E-state index contributed by atoms with van der Waals surface area (Å²) in [5.74, 6) is 0.658. The lowest BCUT2D eigenvalue weighted by atomic mass is 10.2. The third-order valence-electron chi connectivity index (χ3n) is 4.46. The van der Waals surface area contributed by atoms with E-state index in [1.54, 1.807) is 37.6 Å². The second kappa shape index (κ2) is 9.69. The molecule has 0 atom stereocenters. The smallest absolute Gasteiger partial charge is 0.277 e. The number of hydrogen-bond donors (Lipinski definition) is 1. The van der Waals surface area contributed by atoms with E-state index < -0.39 is 0 Å². The molecule has 0 saturated carbocycles. The fourth-order valence-corrected chi connectivity index (χ4v) is 3.42. The summed E-state index contributed by atoms with van der Waals surface area (Å²) in [6.07, 6.45) is 1.58. The monoisotopic (exact) mass is 445 g/mol. The van der Waals surface area contributed by atoms with Crippen LogP contribution in [0.4, 0.5) is 0 Å². The number of hydrazone groups is 1. The number of nitrogens with one attached hydrogen (secondary N) is 1. The van der Waals surface area contributed by atoms with Gasteiger partial charge in [0, 0.05) is 17.0 Å². The molecule has 0 fully saturated rings. The lowest BCUT2D eigenvalue weighted by Crippen LogP contribution is -2.24. The molecular formula is C22H21Cl2N3O3. The van der Waals surface area contributed by atoms with Gasteiger partial charge in [0.25, 0.3) is 5.91 Å². The van der Waals surface area contributed by atoms with Crippen LogP contribution in [0, 0.1) is 13.8 Å². The predicted molar refractivity (Wildman–Crippen MR) is 119 cm³/mol. The van der Waals surface area contributed by atoms with Gasteiger partial charge in [-0.25, -0.2) is 5.43 Å². The minimum Gasteiger partial charge on any atom is -0.493 e. The van der Waals surface area contributed by atoms with Gasteiger partial charge in [0.15, 0.2) is 18.1 Å². The Morgan fingerprint density at radius 1 is 1.13 bits per heavy atom. The van der Waals surface area contributed by atoms with E-state index in [-0.39, 0.29) is 12.5 Å². The topological polar surface area (TPSA) is 64.8 Å². The van der Waals surface area contributed by atoms with E-state index in [0.29, 0.717) is 21.5 Å². The summed E-state index contributed by atoms with van der Waals surface area (Å²) in [4.78, 5) is 12.0. The molecular weight excluding hydrogens is 425 g/mol. The van der Waals surface area contributed by atoms with Gasteiger partial charge in [0.05, 0.1) is 29.1 Å². The molecule has 6 nitrogen and oxygen atoms in total. The Morgan fingerprint density at radius 2 is 1.87 bits per heavy atom. The third kappa shape index (κ3) is 4.78. The number of rotatable bonds is 7. The summed E-state index contributed by atoms with van der Waals surface area (Å²) in [7, 11) is 1.54. The molecule has 0 radical (unpaired) electrons. The highest BCUT2D eigenvalue weighted by Crippen LogP contribution is 2.31. The SMILES string of the molecule is COc1ccccc1OCC(=O)N/N=C\c1cc(C)n(-c2cccc(Cl)c2Cl)c1C. The van der Waals surface area contributed by atoms with Gasteiger partial charge in [0.2, 0.25) is 0 Å².